The molecule has 0 aliphatic carbocycles. The van der Waals surface area contributed by atoms with Gasteiger partial charge >= 0.3 is 11.9 Å². The molecule has 1 saturated heterocycles. The Balaban J connectivity index is 1.84. The molecule has 0 spiro atoms. The molecule has 0 bridgehead atoms. The molecule has 184 valence electrons. The first-order valence-electron chi connectivity index (χ1n) is 11.0. The summed E-state index contributed by atoms with van der Waals surface area (Å²) < 4.78 is 38.0. The summed E-state index contributed by atoms with van der Waals surface area (Å²) in [6, 6.07) is 0. The summed E-state index contributed by atoms with van der Waals surface area (Å²) in [5, 5.41) is 0. The number of ether oxygens (including phenoxy) is 2. The van der Waals surface area contributed by atoms with Gasteiger partial charge in [-0.1, -0.05) is 0 Å². The number of esters is 2. The van der Waals surface area contributed by atoms with E-state index >= 15 is 0 Å². The van der Waals surface area contributed by atoms with Crippen molar-refractivity contribution in [2.24, 2.45) is 5.92 Å². The van der Waals surface area contributed by atoms with Crippen LogP contribution in [0.4, 0.5) is 0 Å². The third-order valence-corrected chi connectivity index (χ3v) is 8.29. The summed E-state index contributed by atoms with van der Waals surface area (Å²) in [7, 11) is -2.47. The molecule has 1 N–H and O–H groups in total. The van der Waals surface area contributed by atoms with Gasteiger partial charge in [0.25, 0.3) is 5.91 Å². The number of rotatable bonds is 8. The molecule has 1 aromatic carbocycles. The van der Waals surface area contributed by atoms with Crippen LogP contribution in [-0.2, 0) is 33.9 Å². The smallest absolute Gasteiger partial charge is 0.308 e. The normalized spacial score (nSPS) is 14.8. The second kappa shape index (κ2) is 11.1. The molecular formula is C23H34N2O7S. The Kier molecular flexibility index (Phi) is 9.02. The van der Waals surface area contributed by atoms with Crippen LogP contribution >= 0.6 is 0 Å². The lowest BCUT2D eigenvalue weighted by molar-refractivity contribution is -0.154. The molecule has 0 saturated carbocycles. The van der Waals surface area contributed by atoms with E-state index in [9.17, 15) is 22.8 Å². The van der Waals surface area contributed by atoms with Crippen molar-refractivity contribution in [1.82, 2.24) is 9.62 Å². The van der Waals surface area contributed by atoms with E-state index < -0.39 is 22.6 Å². The first-order valence-corrected chi connectivity index (χ1v) is 12.5. The lowest BCUT2D eigenvalue weighted by atomic mass is 9.95. The quantitative estimate of drug-likeness (QED) is 0.562. The predicted octanol–water partition coefficient (Wildman–Crippen LogP) is 1.85. The molecule has 2 rings (SSSR count). The highest BCUT2D eigenvalue weighted by Gasteiger charge is 2.28. The highest BCUT2D eigenvalue weighted by molar-refractivity contribution is 7.89. The Hall–Kier alpha value is -2.46. The number of hydrogen-bond acceptors (Lipinski definition) is 7. The number of sulfonamides is 1. The predicted molar refractivity (Wildman–Crippen MR) is 122 cm³/mol. The monoisotopic (exact) mass is 482 g/mol. The molecular weight excluding hydrogens is 448 g/mol. The molecule has 0 unspecified atom stereocenters. The van der Waals surface area contributed by atoms with Gasteiger partial charge in [-0.05, 0) is 75.3 Å². The van der Waals surface area contributed by atoms with Gasteiger partial charge in [-0.2, -0.15) is 0 Å². The zero-order valence-electron chi connectivity index (χ0n) is 20.2. The number of amides is 1. The van der Waals surface area contributed by atoms with Crippen molar-refractivity contribution in [3.8, 4) is 0 Å². The second-order valence-electron chi connectivity index (χ2n) is 8.44. The van der Waals surface area contributed by atoms with Gasteiger partial charge in [0.15, 0.2) is 6.61 Å². The maximum Gasteiger partial charge on any atom is 0.308 e. The van der Waals surface area contributed by atoms with E-state index in [1.807, 2.05) is 20.8 Å². The highest BCUT2D eigenvalue weighted by atomic mass is 32.2. The minimum absolute atomic E-state index is 0.134. The summed E-state index contributed by atoms with van der Waals surface area (Å²) in [5.74, 6) is -1.51. The molecule has 1 aliphatic heterocycles. The topological polar surface area (TPSA) is 119 Å². The molecule has 10 heteroatoms. The summed E-state index contributed by atoms with van der Waals surface area (Å²) in [6.45, 7) is 9.54. The van der Waals surface area contributed by atoms with Gasteiger partial charge in [0, 0.05) is 19.6 Å². The second-order valence-corrected chi connectivity index (χ2v) is 10.1. The molecule has 1 aromatic rings. The summed E-state index contributed by atoms with van der Waals surface area (Å²) in [5.41, 5.74) is 4.28. The summed E-state index contributed by atoms with van der Waals surface area (Å²) in [6.07, 6.45) is 0.814. The largest absolute Gasteiger partial charge is 0.469 e. The van der Waals surface area contributed by atoms with Crippen LogP contribution in [0.1, 0.15) is 47.1 Å². The number of benzene rings is 1. The number of likely N-dealkylation sites (tertiary alicyclic amines) is 1. The first-order chi connectivity index (χ1) is 15.4. The van der Waals surface area contributed by atoms with Crippen LogP contribution in [0, 0.1) is 40.5 Å². The van der Waals surface area contributed by atoms with Crippen molar-refractivity contribution in [3.05, 3.63) is 27.8 Å². The van der Waals surface area contributed by atoms with Crippen LogP contribution in [0.2, 0.25) is 0 Å². The van der Waals surface area contributed by atoms with E-state index in [4.69, 9.17) is 9.47 Å². The van der Waals surface area contributed by atoms with Gasteiger partial charge < -0.3 is 14.4 Å². The molecule has 1 heterocycles. The number of carbonyl (C=O) groups is 3. The van der Waals surface area contributed by atoms with Crippen molar-refractivity contribution < 1.29 is 32.3 Å². The van der Waals surface area contributed by atoms with E-state index in [1.54, 1.807) is 18.7 Å². The zero-order valence-corrected chi connectivity index (χ0v) is 21.1. The number of piperidine rings is 1. The summed E-state index contributed by atoms with van der Waals surface area (Å²) in [4.78, 5) is 37.6. The molecule has 33 heavy (non-hydrogen) atoms. The molecule has 0 aromatic heterocycles. The standard InChI is InChI=1S/C23H34N2O7S/c1-14-15(2)17(4)22(18(5)16(14)3)33(29,30)24-10-7-21(27)32-13-20(26)25-11-8-19(9-12-25)23(28)31-6/h19,24H,7-13H2,1-6H3. The minimum atomic E-state index is -3.81. The van der Waals surface area contributed by atoms with Crippen molar-refractivity contribution in [2.75, 3.05) is 33.4 Å². The molecule has 1 amide bonds. The van der Waals surface area contributed by atoms with E-state index in [0.29, 0.717) is 37.1 Å². The van der Waals surface area contributed by atoms with Gasteiger partial charge in [0.05, 0.1) is 24.3 Å². The number of nitrogens with zero attached hydrogens (tertiary/aromatic N) is 1. The molecule has 1 fully saturated rings. The number of hydrogen-bond donors (Lipinski definition) is 1. The van der Waals surface area contributed by atoms with Crippen LogP contribution in [0.15, 0.2) is 4.90 Å². The SMILES string of the molecule is COC(=O)C1CCN(C(=O)COC(=O)CCNS(=O)(=O)c2c(C)c(C)c(C)c(C)c2C)CC1. The number of carbonyl (C=O) groups excluding carboxylic acids is 3. The number of methoxy groups -OCH3 is 1. The molecule has 9 nitrogen and oxygen atoms in total. The maximum atomic E-state index is 12.9. The Morgan fingerprint density at radius 2 is 1.45 bits per heavy atom. The highest BCUT2D eigenvalue weighted by Crippen LogP contribution is 2.29. The molecule has 1 aliphatic rings. The van der Waals surface area contributed by atoms with Crippen LogP contribution in [0.5, 0.6) is 0 Å². The average Bonchev–Trinajstić information content (AvgIpc) is 2.79. The fraction of sp³-hybridized carbons (Fsp3) is 0.609. The Labute approximate surface area is 195 Å². The van der Waals surface area contributed by atoms with E-state index in [2.05, 4.69) is 4.72 Å². The summed E-state index contributed by atoms with van der Waals surface area (Å²) >= 11 is 0. The van der Waals surface area contributed by atoms with Crippen molar-refractivity contribution >= 4 is 27.9 Å². The van der Waals surface area contributed by atoms with Crippen LogP contribution < -0.4 is 4.72 Å². The lowest BCUT2D eigenvalue weighted by Crippen LogP contribution is -2.42. The molecule has 0 radical (unpaired) electrons. The van der Waals surface area contributed by atoms with Gasteiger partial charge in [-0.15, -0.1) is 0 Å². The van der Waals surface area contributed by atoms with Crippen LogP contribution in [0.25, 0.3) is 0 Å². The average molecular weight is 483 g/mol. The Bertz CT molecular complexity index is 997. The van der Waals surface area contributed by atoms with Gasteiger partial charge in [-0.3, -0.25) is 14.4 Å². The fourth-order valence-electron chi connectivity index (χ4n) is 4.07. The van der Waals surface area contributed by atoms with Crippen LogP contribution in [-0.4, -0.2) is 64.5 Å². The maximum absolute atomic E-state index is 12.9. The van der Waals surface area contributed by atoms with Gasteiger partial charge in [-0.25, -0.2) is 13.1 Å². The van der Waals surface area contributed by atoms with Crippen molar-refractivity contribution in [3.63, 3.8) is 0 Å². The van der Waals surface area contributed by atoms with Gasteiger partial charge in [0.1, 0.15) is 0 Å². The van der Waals surface area contributed by atoms with E-state index in [0.717, 1.165) is 16.7 Å². The van der Waals surface area contributed by atoms with E-state index in [1.165, 1.54) is 7.11 Å². The fourth-order valence-corrected chi connectivity index (χ4v) is 5.69. The zero-order chi connectivity index (χ0) is 24.9. The number of nitrogens with one attached hydrogen (secondary N) is 1. The van der Waals surface area contributed by atoms with Crippen molar-refractivity contribution in [1.29, 1.82) is 0 Å². The third-order valence-electron chi connectivity index (χ3n) is 6.56. The van der Waals surface area contributed by atoms with E-state index in [-0.39, 0.29) is 35.7 Å². The Morgan fingerprint density at radius 3 is 1.97 bits per heavy atom. The first kappa shape index (κ1) is 26.8. The Morgan fingerprint density at radius 1 is 0.939 bits per heavy atom. The van der Waals surface area contributed by atoms with Crippen molar-refractivity contribution in [2.45, 2.75) is 58.8 Å². The minimum Gasteiger partial charge on any atom is -0.469 e. The lowest BCUT2D eigenvalue weighted by Gasteiger charge is -2.30. The molecule has 0 atom stereocenters. The van der Waals surface area contributed by atoms with Crippen LogP contribution in [0.3, 0.4) is 0 Å². The van der Waals surface area contributed by atoms with Gasteiger partial charge in [0.2, 0.25) is 10.0 Å². The third kappa shape index (κ3) is 6.32.